The maximum absolute atomic E-state index is 9.10. The van der Waals surface area contributed by atoms with Crippen LogP contribution in [0.1, 0.15) is 56.4 Å². The first-order chi connectivity index (χ1) is 12.7. The number of aryl methyl sites for hydroxylation is 1. The summed E-state index contributed by atoms with van der Waals surface area (Å²) in [5.41, 5.74) is 4.07. The van der Waals surface area contributed by atoms with Crippen molar-refractivity contribution in [3.05, 3.63) is 59.4 Å². The highest BCUT2D eigenvalue weighted by Crippen LogP contribution is 2.31. The van der Waals surface area contributed by atoms with Gasteiger partial charge in [-0.1, -0.05) is 45.9 Å². The number of aliphatic carboxylic acids is 2. The Morgan fingerprint density at radius 1 is 1.00 bits per heavy atom. The Hall–Kier alpha value is -2.34. The molecule has 0 amide bonds. The molecular formula is C21H27NO4S. The molecule has 1 heterocycles. The molecule has 0 bridgehead atoms. The predicted octanol–water partition coefficient (Wildman–Crippen LogP) is 4.82. The maximum Gasteiger partial charge on any atom is 0.414 e. The lowest BCUT2D eigenvalue weighted by Gasteiger charge is -2.15. The number of hydrogen-bond donors (Lipinski definition) is 2. The van der Waals surface area contributed by atoms with E-state index in [4.69, 9.17) is 19.8 Å². The smallest absolute Gasteiger partial charge is 0.414 e. The van der Waals surface area contributed by atoms with Gasteiger partial charge in [0.25, 0.3) is 0 Å². The second kappa shape index (κ2) is 11.4. The predicted molar refractivity (Wildman–Crippen MR) is 109 cm³/mol. The van der Waals surface area contributed by atoms with Crippen molar-refractivity contribution in [3.8, 4) is 0 Å². The van der Waals surface area contributed by atoms with Crippen molar-refractivity contribution in [1.82, 2.24) is 4.98 Å². The van der Waals surface area contributed by atoms with Crippen LogP contribution >= 0.6 is 11.8 Å². The number of carboxylic acid groups (broad SMARTS) is 2. The lowest BCUT2D eigenvalue weighted by Crippen LogP contribution is -2.09. The topological polar surface area (TPSA) is 87.5 Å². The number of rotatable bonds is 6. The Balaban J connectivity index is 0.000000527. The summed E-state index contributed by atoms with van der Waals surface area (Å²) in [6.07, 6.45) is 2.90. The molecule has 0 aliphatic carbocycles. The van der Waals surface area contributed by atoms with Crippen LogP contribution in [-0.2, 0) is 16.0 Å². The minimum atomic E-state index is -1.82. The van der Waals surface area contributed by atoms with Crippen molar-refractivity contribution in [2.24, 2.45) is 0 Å². The number of hydrogen-bond acceptors (Lipinski definition) is 4. The molecule has 146 valence electrons. The SMILES string of the molecule is CC(C)c1ccc(C(C)C)c(SCCc2ccccn2)c1.O=C(O)C(=O)O. The molecule has 0 aliphatic heterocycles. The van der Waals surface area contributed by atoms with Gasteiger partial charge in [-0.05, 0) is 47.6 Å². The molecule has 0 aliphatic rings. The van der Waals surface area contributed by atoms with Crippen LogP contribution in [0.25, 0.3) is 0 Å². The molecule has 2 aromatic rings. The Bertz CT molecular complexity index is 733. The van der Waals surface area contributed by atoms with E-state index in [0.29, 0.717) is 11.8 Å². The summed E-state index contributed by atoms with van der Waals surface area (Å²) >= 11 is 1.96. The monoisotopic (exact) mass is 389 g/mol. The Morgan fingerprint density at radius 2 is 1.67 bits per heavy atom. The van der Waals surface area contributed by atoms with Gasteiger partial charge in [0.05, 0.1) is 0 Å². The first kappa shape index (κ1) is 22.7. The highest BCUT2D eigenvalue weighted by molar-refractivity contribution is 7.99. The van der Waals surface area contributed by atoms with Gasteiger partial charge >= 0.3 is 11.9 Å². The third-order valence-electron chi connectivity index (χ3n) is 3.85. The van der Waals surface area contributed by atoms with Crippen LogP contribution < -0.4 is 0 Å². The van der Waals surface area contributed by atoms with Crippen molar-refractivity contribution in [1.29, 1.82) is 0 Å². The summed E-state index contributed by atoms with van der Waals surface area (Å²) in [6, 6.07) is 13.1. The zero-order valence-electron chi connectivity index (χ0n) is 16.2. The van der Waals surface area contributed by atoms with Crippen LogP contribution in [-0.4, -0.2) is 32.9 Å². The van der Waals surface area contributed by atoms with Crippen molar-refractivity contribution >= 4 is 23.7 Å². The van der Waals surface area contributed by atoms with Crippen LogP contribution in [0.5, 0.6) is 0 Å². The van der Waals surface area contributed by atoms with E-state index in [9.17, 15) is 0 Å². The fraction of sp³-hybridized carbons (Fsp3) is 0.381. The lowest BCUT2D eigenvalue weighted by molar-refractivity contribution is -0.159. The van der Waals surface area contributed by atoms with Gasteiger partial charge in [-0.2, -0.15) is 0 Å². The summed E-state index contributed by atoms with van der Waals surface area (Å²) in [4.78, 5) is 24.0. The molecule has 1 aromatic carbocycles. The Kier molecular flexibility index (Phi) is 9.58. The molecule has 0 radical (unpaired) electrons. The molecule has 1 aromatic heterocycles. The van der Waals surface area contributed by atoms with Crippen LogP contribution in [0, 0.1) is 0 Å². The van der Waals surface area contributed by atoms with Crippen LogP contribution in [0.2, 0.25) is 0 Å². The van der Waals surface area contributed by atoms with Crippen molar-refractivity contribution in [2.45, 2.75) is 50.8 Å². The van der Waals surface area contributed by atoms with Crippen molar-refractivity contribution in [2.75, 3.05) is 5.75 Å². The molecule has 0 atom stereocenters. The van der Waals surface area contributed by atoms with E-state index in [1.165, 1.54) is 21.7 Å². The van der Waals surface area contributed by atoms with E-state index in [2.05, 4.69) is 63.0 Å². The first-order valence-electron chi connectivity index (χ1n) is 8.85. The molecule has 0 saturated carbocycles. The number of benzene rings is 1. The van der Waals surface area contributed by atoms with Gasteiger partial charge in [0.15, 0.2) is 0 Å². The van der Waals surface area contributed by atoms with Gasteiger partial charge in [0.2, 0.25) is 0 Å². The van der Waals surface area contributed by atoms with E-state index >= 15 is 0 Å². The fourth-order valence-corrected chi connectivity index (χ4v) is 3.54. The van der Waals surface area contributed by atoms with E-state index in [1.54, 1.807) is 0 Å². The van der Waals surface area contributed by atoms with Gasteiger partial charge in [0.1, 0.15) is 0 Å². The lowest BCUT2D eigenvalue weighted by atomic mass is 9.97. The summed E-state index contributed by atoms with van der Waals surface area (Å²) in [6.45, 7) is 9.06. The van der Waals surface area contributed by atoms with E-state index in [-0.39, 0.29) is 0 Å². The molecule has 2 rings (SSSR count). The molecule has 0 unspecified atom stereocenters. The van der Waals surface area contributed by atoms with E-state index in [1.807, 2.05) is 24.0 Å². The average Bonchev–Trinajstić information content (AvgIpc) is 2.62. The molecule has 27 heavy (non-hydrogen) atoms. The Morgan fingerprint density at radius 3 is 2.15 bits per heavy atom. The molecular weight excluding hydrogens is 362 g/mol. The molecule has 0 spiro atoms. The molecule has 2 N–H and O–H groups in total. The summed E-state index contributed by atoms with van der Waals surface area (Å²) in [5, 5.41) is 14.8. The molecule has 6 heteroatoms. The fourth-order valence-electron chi connectivity index (χ4n) is 2.32. The van der Waals surface area contributed by atoms with E-state index < -0.39 is 11.9 Å². The van der Waals surface area contributed by atoms with Gasteiger partial charge in [-0.3, -0.25) is 4.98 Å². The number of nitrogens with zero attached hydrogens (tertiary/aromatic N) is 1. The maximum atomic E-state index is 9.10. The standard InChI is InChI=1S/C19H25NS.C2H2O4/c1-14(2)16-8-9-18(15(3)4)19(13-16)21-12-10-17-7-5-6-11-20-17;3-1(4)2(5)6/h5-9,11,13-15H,10,12H2,1-4H3;(H,3,4)(H,5,6). The van der Waals surface area contributed by atoms with Crippen molar-refractivity contribution in [3.63, 3.8) is 0 Å². The number of carboxylic acids is 2. The van der Waals surface area contributed by atoms with Gasteiger partial charge in [0, 0.05) is 22.5 Å². The summed E-state index contributed by atoms with van der Waals surface area (Å²) in [5.74, 6) is -1.41. The Labute approximate surface area is 164 Å². The number of thioether (sulfide) groups is 1. The average molecular weight is 390 g/mol. The third-order valence-corrected chi connectivity index (χ3v) is 4.92. The van der Waals surface area contributed by atoms with Crippen LogP contribution in [0.15, 0.2) is 47.5 Å². The highest BCUT2D eigenvalue weighted by Gasteiger charge is 2.10. The van der Waals surface area contributed by atoms with Gasteiger partial charge in [-0.25, -0.2) is 9.59 Å². The number of aromatic nitrogens is 1. The molecule has 0 fully saturated rings. The number of carbonyl (C=O) groups is 2. The minimum absolute atomic E-state index is 0.573. The summed E-state index contributed by atoms with van der Waals surface area (Å²) in [7, 11) is 0. The van der Waals surface area contributed by atoms with Gasteiger partial charge < -0.3 is 10.2 Å². The molecule has 5 nitrogen and oxygen atoms in total. The largest absolute Gasteiger partial charge is 0.473 e. The van der Waals surface area contributed by atoms with Crippen molar-refractivity contribution < 1.29 is 19.8 Å². The van der Waals surface area contributed by atoms with E-state index in [0.717, 1.165) is 12.2 Å². The number of pyridine rings is 1. The highest BCUT2D eigenvalue weighted by atomic mass is 32.2. The van der Waals surface area contributed by atoms with Crippen LogP contribution in [0.3, 0.4) is 0 Å². The van der Waals surface area contributed by atoms with Gasteiger partial charge in [-0.15, -0.1) is 11.8 Å². The minimum Gasteiger partial charge on any atom is -0.473 e. The molecule has 0 saturated heterocycles. The second-order valence-electron chi connectivity index (χ2n) is 6.64. The third kappa shape index (κ3) is 8.26. The quantitative estimate of drug-likeness (QED) is 0.544. The summed E-state index contributed by atoms with van der Waals surface area (Å²) < 4.78 is 0. The zero-order valence-corrected chi connectivity index (χ0v) is 17.0. The zero-order chi connectivity index (χ0) is 20.4. The van der Waals surface area contributed by atoms with Crippen LogP contribution in [0.4, 0.5) is 0 Å². The second-order valence-corrected chi connectivity index (χ2v) is 7.77. The first-order valence-corrected chi connectivity index (χ1v) is 9.83. The normalized spacial score (nSPS) is 10.4.